The largest absolute Gasteiger partial charge is 0.497 e. The standard InChI is InChI=1S/C14H21NO2S/c1-17-14-4-2-3-12(11-14)5-8-15-13-6-9-18(16)10-7-13/h2-4,11,13,15H,5-10H2,1H3. The number of ether oxygens (including phenoxy) is 1. The lowest BCUT2D eigenvalue weighted by Gasteiger charge is -2.22. The van der Waals surface area contributed by atoms with Gasteiger partial charge >= 0.3 is 0 Å². The van der Waals surface area contributed by atoms with E-state index in [1.165, 1.54) is 5.56 Å². The molecule has 0 saturated carbocycles. The highest BCUT2D eigenvalue weighted by Crippen LogP contribution is 2.13. The van der Waals surface area contributed by atoms with Crippen LogP contribution in [0.3, 0.4) is 0 Å². The topological polar surface area (TPSA) is 38.3 Å². The van der Waals surface area contributed by atoms with Crippen LogP contribution in [0, 0.1) is 0 Å². The highest BCUT2D eigenvalue weighted by Gasteiger charge is 2.16. The fraction of sp³-hybridized carbons (Fsp3) is 0.571. The Morgan fingerprint density at radius 2 is 2.17 bits per heavy atom. The van der Waals surface area contributed by atoms with Gasteiger partial charge in [0.05, 0.1) is 7.11 Å². The Morgan fingerprint density at radius 1 is 1.39 bits per heavy atom. The minimum Gasteiger partial charge on any atom is -0.497 e. The summed E-state index contributed by atoms with van der Waals surface area (Å²) in [6.45, 7) is 0.977. The molecular weight excluding hydrogens is 246 g/mol. The molecule has 0 unspecified atom stereocenters. The summed E-state index contributed by atoms with van der Waals surface area (Å²) >= 11 is 0. The number of nitrogens with one attached hydrogen (secondary N) is 1. The average Bonchev–Trinajstić information content (AvgIpc) is 2.41. The first kappa shape index (κ1) is 13.6. The summed E-state index contributed by atoms with van der Waals surface area (Å²) in [5, 5.41) is 3.55. The molecule has 1 heterocycles. The van der Waals surface area contributed by atoms with Gasteiger partial charge in [-0.2, -0.15) is 0 Å². The molecule has 0 aliphatic carbocycles. The van der Waals surface area contributed by atoms with E-state index in [0.29, 0.717) is 6.04 Å². The number of hydrogen-bond acceptors (Lipinski definition) is 3. The molecule has 4 heteroatoms. The monoisotopic (exact) mass is 267 g/mol. The van der Waals surface area contributed by atoms with Gasteiger partial charge in [0.1, 0.15) is 5.75 Å². The van der Waals surface area contributed by atoms with E-state index in [1.54, 1.807) is 7.11 Å². The highest BCUT2D eigenvalue weighted by atomic mass is 32.2. The molecule has 0 bridgehead atoms. The quantitative estimate of drug-likeness (QED) is 0.883. The number of methoxy groups -OCH3 is 1. The van der Waals surface area contributed by atoms with E-state index in [1.807, 2.05) is 12.1 Å². The molecule has 100 valence electrons. The van der Waals surface area contributed by atoms with E-state index < -0.39 is 10.8 Å². The molecule has 1 aliphatic heterocycles. The lowest BCUT2D eigenvalue weighted by atomic mass is 10.1. The predicted molar refractivity (Wildman–Crippen MR) is 75.6 cm³/mol. The number of benzene rings is 1. The van der Waals surface area contributed by atoms with Gasteiger partial charge in [0.25, 0.3) is 0 Å². The van der Waals surface area contributed by atoms with Crippen LogP contribution in [0.1, 0.15) is 18.4 Å². The van der Waals surface area contributed by atoms with E-state index in [9.17, 15) is 4.21 Å². The van der Waals surface area contributed by atoms with E-state index in [2.05, 4.69) is 17.4 Å². The lowest BCUT2D eigenvalue weighted by Crippen LogP contribution is -2.36. The molecule has 1 aromatic carbocycles. The van der Waals surface area contributed by atoms with Crippen molar-refractivity contribution in [3.63, 3.8) is 0 Å². The van der Waals surface area contributed by atoms with Gasteiger partial charge in [-0.1, -0.05) is 12.1 Å². The van der Waals surface area contributed by atoms with Crippen molar-refractivity contribution >= 4 is 10.8 Å². The second-order valence-corrected chi connectivity index (χ2v) is 6.37. The Bertz CT molecular complexity index is 399. The van der Waals surface area contributed by atoms with Crippen molar-refractivity contribution < 1.29 is 8.95 Å². The summed E-state index contributed by atoms with van der Waals surface area (Å²) in [5.41, 5.74) is 1.29. The van der Waals surface area contributed by atoms with Crippen molar-refractivity contribution in [2.24, 2.45) is 0 Å². The first-order valence-electron chi connectivity index (χ1n) is 6.49. The molecule has 1 saturated heterocycles. The van der Waals surface area contributed by atoms with Crippen LogP contribution in [-0.2, 0) is 17.2 Å². The fourth-order valence-electron chi connectivity index (χ4n) is 2.25. The van der Waals surface area contributed by atoms with Crippen LogP contribution in [0.15, 0.2) is 24.3 Å². The molecule has 1 fully saturated rings. The maximum atomic E-state index is 11.2. The van der Waals surface area contributed by atoms with Gasteiger partial charge < -0.3 is 10.1 Å². The predicted octanol–water partition coefficient (Wildman–Crippen LogP) is 1.74. The Balaban J connectivity index is 1.73. The molecule has 0 spiro atoms. The number of hydrogen-bond donors (Lipinski definition) is 1. The fourth-order valence-corrected chi connectivity index (χ4v) is 3.55. The third kappa shape index (κ3) is 4.10. The first-order chi connectivity index (χ1) is 8.78. The Labute approximate surface area is 111 Å². The molecule has 0 amide bonds. The molecule has 18 heavy (non-hydrogen) atoms. The highest BCUT2D eigenvalue weighted by molar-refractivity contribution is 7.85. The van der Waals surface area contributed by atoms with E-state index in [4.69, 9.17) is 4.74 Å². The summed E-state index contributed by atoms with van der Waals surface area (Å²) in [6, 6.07) is 8.75. The van der Waals surface area contributed by atoms with Crippen molar-refractivity contribution in [2.45, 2.75) is 25.3 Å². The van der Waals surface area contributed by atoms with Crippen LogP contribution in [0.2, 0.25) is 0 Å². The summed E-state index contributed by atoms with van der Waals surface area (Å²) < 4.78 is 16.5. The molecule has 1 N–H and O–H groups in total. The zero-order valence-corrected chi connectivity index (χ0v) is 11.7. The molecule has 2 rings (SSSR count). The van der Waals surface area contributed by atoms with Crippen molar-refractivity contribution in [3.05, 3.63) is 29.8 Å². The molecule has 0 aromatic heterocycles. The smallest absolute Gasteiger partial charge is 0.119 e. The van der Waals surface area contributed by atoms with Crippen LogP contribution >= 0.6 is 0 Å². The summed E-state index contributed by atoms with van der Waals surface area (Å²) in [7, 11) is 1.13. The van der Waals surface area contributed by atoms with Gasteiger partial charge in [0, 0.05) is 28.3 Å². The lowest BCUT2D eigenvalue weighted by molar-refractivity contribution is 0.414. The zero-order valence-electron chi connectivity index (χ0n) is 10.9. The number of rotatable bonds is 5. The maximum Gasteiger partial charge on any atom is 0.119 e. The van der Waals surface area contributed by atoms with Gasteiger partial charge in [-0.3, -0.25) is 4.21 Å². The van der Waals surface area contributed by atoms with Crippen LogP contribution < -0.4 is 10.1 Å². The Hall–Kier alpha value is -0.870. The third-order valence-corrected chi connectivity index (χ3v) is 4.75. The molecule has 0 radical (unpaired) electrons. The molecule has 1 aromatic rings. The van der Waals surface area contributed by atoms with Gasteiger partial charge in [-0.25, -0.2) is 0 Å². The summed E-state index contributed by atoms with van der Waals surface area (Å²) in [6.07, 6.45) is 3.10. The normalized spacial score (nSPS) is 23.8. The third-order valence-electron chi connectivity index (χ3n) is 3.37. The van der Waals surface area contributed by atoms with Crippen molar-refractivity contribution in [2.75, 3.05) is 25.2 Å². The zero-order chi connectivity index (χ0) is 12.8. The van der Waals surface area contributed by atoms with Crippen molar-refractivity contribution in [3.8, 4) is 5.75 Å². The van der Waals surface area contributed by atoms with E-state index in [0.717, 1.165) is 43.1 Å². The van der Waals surface area contributed by atoms with E-state index in [-0.39, 0.29) is 0 Å². The van der Waals surface area contributed by atoms with E-state index >= 15 is 0 Å². The van der Waals surface area contributed by atoms with Gasteiger partial charge in [-0.05, 0) is 43.5 Å². The van der Waals surface area contributed by atoms with Gasteiger partial charge in [0.15, 0.2) is 0 Å². The summed E-state index contributed by atoms with van der Waals surface area (Å²) in [4.78, 5) is 0. The Morgan fingerprint density at radius 3 is 2.89 bits per heavy atom. The SMILES string of the molecule is COc1cccc(CCNC2CCS(=O)CC2)c1. The van der Waals surface area contributed by atoms with Crippen LogP contribution in [-0.4, -0.2) is 35.4 Å². The summed E-state index contributed by atoms with van der Waals surface area (Å²) in [5.74, 6) is 2.63. The average molecular weight is 267 g/mol. The van der Waals surface area contributed by atoms with Crippen LogP contribution in [0.25, 0.3) is 0 Å². The van der Waals surface area contributed by atoms with Crippen molar-refractivity contribution in [1.29, 1.82) is 0 Å². The van der Waals surface area contributed by atoms with Crippen LogP contribution in [0.5, 0.6) is 5.75 Å². The van der Waals surface area contributed by atoms with Crippen molar-refractivity contribution in [1.82, 2.24) is 5.32 Å². The maximum absolute atomic E-state index is 11.2. The first-order valence-corrected chi connectivity index (χ1v) is 7.98. The molecule has 1 aliphatic rings. The molecule has 0 atom stereocenters. The minimum absolute atomic E-state index is 0.549. The Kier molecular flexibility index (Phi) is 5.20. The van der Waals surface area contributed by atoms with Gasteiger partial charge in [0.2, 0.25) is 0 Å². The molecule has 3 nitrogen and oxygen atoms in total. The minimum atomic E-state index is -0.563. The van der Waals surface area contributed by atoms with Crippen LogP contribution in [0.4, 0.5) is 0 Å². The second kappa shape index (κ2) is 6.90. The van der Waals surface area contributed by atoms with Gasteiger partial charge in [-0.15, -0.1) is 0 Å². The second-order valence-electron chi connectivity index (χ2n) is 4.68. The molecular formula is C14H21NO2S.